The average Bonchev–Trinajstić information content (AvgIpc) is 2.27. The third kappa shape index (κ3) is 2.70. The molecule has 7 heteroatoms. The minimum Gasteiger partial charge on any atom is -0.314 e. The lowest BCUT2D eigenvalue weighted by Gasteiger charge is -2.47. The molecule has 0 saturated carbocycles. The van der Waals surface area contributed by atoms with E-state index in [2.05, 4.69) is 10.2 Å². The first-order chi connectivity index (χ1) is 8.43. The summed E-state index contributed by atoms with van der Waals surface area (Å²) in [6.07, 6.45) is 0. The van der Waals surface area contributed by atoms with E-state index in [-0.39, 0.29) is 6.04 Å². The van der Waals surface area contributed by atoms with Crippen molar-refractivity contribution in [1.29, 1.82) is 0 Å². The smallest absolute Gasteiger partial charge is 0.282 e. The summed E-state index contributed by atoms with van der Waals surface area (Å²) in [5.41, 5.74) is 0. The summed E-state index contributed by atoms with van der Waals surface area (Å²) in [5, 5.41) is 3.31. The van der Waals surface area contributed by atoms with E-state index in [1.165, 1.54) is 4.31 Å². The summed E-state index contributed by atoms with van der Waals surface area (Å²) >= 11 is 0. The Bertz CT molecular complexity index is 373. The standard InChI is InChI=1S/C11H24N4O2S/c1-10(2)13(3)18(16,17)15-8-11(9-15)14-6-4-12-5-7-14/h10-12H,4-9H2,1-3H3. The molecule has 0 radical (unpaired) electrons. The zero-order valence-corrected chi connectivity index (χ0v) is 12.3. The summed E-state index contributed by atoms with van der Waals surface area (Å²) in [5.74, 6) is 0. The quantitative estimate of drug-likeness (QED) is 0.727. The molecule has 2 aliphatic rings. The highest BCUT2D eigenvalue weighted by atomic mass is 32.2. The van der Waals surface area contributed by atoms with Gasteiger partial charge < -0.3 is 5.32 Å². The second-order valence-corrected chi connectivity index (χ2v) is 7.36. The molecule has 0 spiro atoms. The molecule has 2 heterocycles. The number of hydrogen-bond acceptors (Lipinski definition) is 4. The molecule has 0 aromatic heterocycles. The molecule has 0 aliphatic carbocycles. The molecule has 2 aliphatic heterocycles. The Morgan fingerprint density at radius 2 is 1.78 bits per heavy atom. The van der Waals surface area contributed by atoms with Gasteiger partial charge in [-0.1, -0.05) is 0 Å². The first-order valence-electron chi connectivity index (χ1n) is 6.61. The van der Waals surface area contributed by atoms with Crippen LogP contribution in [0.3, 0.4) is 0 Å². The number of nitrogens with one attached hydrogen (secondary N) is 1. The lowest BCUT2D eigenvalue weighted by atomic mass is 10.1. The van der Waals surface area contributed by atoms with Crippen LogP contribution in [-0.4, -0.2) is 80.3 Å². The maximum absolute atomic E-state index is 12.2. The highest BCUT2D eigenvalue weighted by molar-refractivity contribution is 7.86. The van der Waals surface area contributed by atoms with Crippen LogP contribution in [0, 0.1) is 0 Å². The molecule has 0 atom stereocenters. The number of nitrogens with zero attached hydrogens (tertiary/aromatic N) is 3. The van der Waals surface area contributed by atoms with E-state index in [9.17, 15) is 8.42 Å². The number of hydrogen-bond donors (Lipinski definition) is 1. The minimum absolute atomic E-state index is 0.00763. The molecular formula is C11H24N4O2S. The van der Waals surface area contributed by atoms with Gasteiger partial charge >= 0.3 is 0 Å². The third-order valence-electron chi connectivity index (χ3n) is 3.91. The van der Waals surface area contributed by atoms with E-state index < -0.39 is 10.2 Å². The SMILES string of the molecule is CC(C)N(C)S(=O)(=O)N1CC(N2CCNCC2)C1. The Morgan fingerprint density at radius 3 is 2.28 bits per heavy atom. The second kappa shape index (κ2) is 5.42. The van der Waals surface area contributed by atoms with Crippen molar-refractivity contribution in [2.75, 3.05) is 46.3 Å². The lowest BCUT2D eigenvalue weighted by Crippen LogP contribution is -2.65. The van der Waals surface area contributed by atoms with Crippen LogP contribution >= 0.6 is 0 Å². The van der Waals surface area contributed by atoms with Crippen molar-refractivity contribution in [1.82, 2.24) is 18.8 Å². The Balaban J connectivity index is 1.88. The van der Waals surface area contributed by atoms with Crippen molar-refractivity contribution in [3.63, 3.8) is 0 Å². The van der Waals surface area contributed by atoms with Crippen molar-refractivity contribution < 1.29 is 8.42 Å². The maximum Gasteiger partial charge on any atom is 0.282 e. The minimum atomic E-state index is -3.25. The van der Waals surface area contributed by atoms with Gasteiger partial charge in [-0.05, 0) is 13.8 Å². The monoisotopic (exact) mass is 276 g/mol. The fourth-order valence-electron chi connectivity index (χ4n) is 2.33. The fourth-order valence-corrected chi connectivity index (χ4v) is 3.95. The van der Waals surface area contributed by atoms with E-state index in [1.54, 1.807) is 11.4 Å². The Kier molecular flexibility index (Phi) is 4.28. The first kappa shape index (κ1) is 14.2. The van der Waals surface area contributed by atoms with Crippen LogP contribution in [0.15, 0.2) is 0 Å². The molecule has 0 aromatic rings. The molecule has 0 aromatic carbocycles. The van der Waals surface area contributed by atoms with Crippen molar-refractivity contribution in [2.24, 2.45) is 0 Å². The molecule has 2 saturated heterocycles. The summed E-state index contributed by atoms with van der Waals surface area (Å²) in [6.45, 7) is 9.14. The first-order valence-corrected chi connectivity index (χ1v) is 8.00. The van der Waals surface area contributed by atoms with Crippen LogP contribution in [0.25, 0.3) is 0 Å². The van der Waals surface area contributed by atoms with Gasteiger partial charge in [-0.2, -0.15) is 17.0 Å². The van der Waals surface area contributed by atoms with Crippen LogP contribution in [-0.2, 0) is 10.2 Å². The number of piperazine rings is 1. The van der Waals surface area contributed by atoms with Gasteiger partial charge in [0.15, 0.2) is 0 Å². The second-order valence-electron chi connectivity index (χ2n) is 5.37. The highest BCUT2D eigenvalue weighted by Gasteiger charge is 2.41. The largest absolute Gasteiger partial charge is 0.314 e. The molecule has 106 valence electrons. The van der Waals surface area contributed by atoms with Gasteiger partial charge in [-0.15, -0.1) is 0 Å². The molecule has 0 amide bonds. The molecule has 1 N–H and O–H groups in total. The van der Waals surface area contributed by atoms with E-state index in [0.29, 0.717) is 19.1 Å². The predicted octanol–water partition coefficient (Wildman–Crippen LogP) is -0.839. The topological polar surface area (TPSA) is 55.9 Å². The summed E-state index contributed by atoms with van der Waals surface area (Å²) in [7, 11) is -1.60. The van der Waals surface area contributed by atoms with Crippen LogP contribution < -0.4 is 5.32 Å². The van der Waals surface area contributed by atoms with Gasteiger partial charge in [0.05, 0.1) is 0 Å². The summed E-state index contributed by atoms with van der Waals surface area (Å²) in [6, 6.07) is 0.413. The third-order valence-corrected chi connectivity index (χ3v) is 6.01. The van der Waals surface area contributed by atoms with Crippen LogP contribution in [0.4, 0.5) is 0 Å². The van der Waals surface area contributed by atoms with Crippen LogP contribution in [0.5, 0.6) is 0 Å². The molecular weight excluding hydrogens is 252 g/mol. The van der Waals surface area contributed by atoms with Gasteiger partial charge in [0.2, 0.25) is 0 Å². The predicted molar refractivity (Wildman–Crippen MR) is 71.6 cm³/mol. The molecule has 6 nitrogen and oxygen atoms in total. The van der Waals surface area contributed by atoms with Crippen molar-refractivity contribution in [3.05, 3.63) is 0 Å². The zero-order valence-electron chi connectivity index (χ0n) is 11.5. The van der Waals surface area contributed by atoms with Crippen molar-refractivity contribution in [3.8, 4) is 0 Å². The van der Waals surface area contributed by atoms with Crippen molar-refractivity contribution in [2.45, 2.75) is 25.9 Å². The van der Waals surface area contributed by atoms with E-state index in [0.717, 1.165) is 26.2 Å². The lowest BCUT2D eigenvalue weighted by molar-refractivity contribution is 0.0731. The molecule has 2 fully saturated rings. The van der Waals surface area contributed by atoms with Gasteiger partial charge in [0.25, 0.3) is 10.2 Å². The average molecular weight is 276 g/mol. The van der Waals surface area contributed by atoms with Gasteiger partial charge in [-0.3, -0.25) is 4.90 Å². The van der Waals surface area contributed by atoms with Gasteiger partial charge in [0.1, 0.15) is 0 Å². The Morgan fingerprint density at radius 1 is 1.22 bits per heavy atom. The van der Waals surface area contributed by atoms with Crippen LogP contribution in [0.1, 0.15) is 13.8 Å². The van der Waals surface area contributed by atoms with Crippen molar-refractivity contribution >= 4 is 10.2 Å². The summed E-state index contributed by atoms with van der Waals surface area (Å²) < 4.78 is 27.4. The fraction of sp³-hybridized carbons (Fsp3) is 1.00. The van der Waals surface area contributed by atoms with E-state index in [4.69, 9.17) is 0 Å². The molecule has 0 unspecified atom stereocenters. The molecule has 2 rings (SSSR count). The maximum atomic E-state index is 12.2. The Labute approximate surface area is 110 Å². The van der Waals surface area contributed by atoms with E-state index >= 15 is 0 Å². The molecule has 18 heavy (non-hydrogen) atoms. The zero-order chi connectivity index (χ0) is 13.3. The number of rotatable bonds is 4. The summed E-state index contributed by atoms with van der Waals surface area (Å²) in [4.78, 5) is 2.39. The van der Waals surface area contributed by atoms with Crippen LogP contribution in [0.2, 0.25) is 0 Å². The van der Waals surface area contributed by atoms with E-state index in [1.807, 2.05) is 13.8 Å². The Hall–Kier alpha value is -0.210. The van der Waals surface area contributed by atoms with Gasteiger partial charge in [0, 0.05) is 58.4 Å². The van der Waals surface area contributed by atoms with Gasteiger partial charge in [-0.25, -0.2) is 0 Å². The normalized spacial score (nSPS) is 24.7. The molecule has 0 bridgehead atoms. The highest BCUT2D eigenvalue weighted by Crippen LogP contribution is 2.21.